The SMILES string of the molecule is CC(C)(c1ccccc1)c1ccc(OCC(=O)NN=C2CCC(=NNC(=O)COc3ccc(C(C)(C)c4ccccc4)cc3)CC2)cc1. The Morgan fingerprint density at radius 1 is 0.521 bits per heavy atom. The van der Waals surface area contributed by atoms with E-state index in [1.54, 1.807) is 0 Å². The van der Waals surface area contributed by atoms with Crippen LogP contribution in [0.15, 0.2) is 119 Å². The number of benzene rings is 4. The Morgan fingerprint density at radius 3 is 1.17 bits per heavy atom. The lowest BCUT2D eigenvalue weighted by molar-refractivity contribution is -0.123. The van der Waals surface area contributed by atoms with Crippen molar-refractivity contribution in [2.24, 2.45) is 10.2 Å². The molecule has 0 radical (unpaired) electrons. The molecule has 1 aliphatic carbocycles. The Labute approximate surface area is 283 Å². The van der Waals surface area contributed by atoms with E-state index in [2.05, 4.69) is 73.0 Å². The van der Waals surface area contributed by atoms with Gasteiger partial charge in [0, 0.05) is 22.3 Å². The van der Waals surface area contributed by atoms with Crippen LogP contribution in [0.2, 0.25) is 0 Å². The summed E-state index contributed by atoms with van der Waals surface area (Å²) in [7, 11) is 0. The quantitative estimate of drug-likeness (QED) is 0.158. The van der Waals surface area contributed by atoms with Crippen molar-refractivity contribution in [2.75, 3.05) is 13.2 Å². The topological polar surface area (TPSA) is 101 Å². The predicted octanol–water partition coefficient (Wildman–Crippen LogP) is 7.31. The first-order chi connectivity index (χ1) is 23.1. The number of hydrogen-bond acceptors (Lipinski definition) is 6. The molecular formula is C40H44N4O4. The average Bonchev–Trinajstić information content (AvgIpc) is 3.13. The second kappa shape index (κ2) is 15.6. The molecule has 0 aliphatic heterocycles. The molecule has 2 N–H and O–H groups in total. The van der Waals surface area contributed by atoms with E-state index < -0.39 is 0 Å². The number of nitrogens with zero attached hydrogens (tertiary/aromatic N) is 2. The summed E-state index contributed by atoms with van der Waals surface area (Å²) >= 11 is 0. The maximum atomic E-state index is 12.4. The predicted molar refractivity (Wildman–Crippen MR) is 191 cm³/mol. The van der Waals surface area contributed by atoms with Gasteiger partial charge in [0.25, 0.3) is 11.8 Å². The molecule has 0 unspecified atom stereocenters. The largest absolute Gasteiger partial charge is 0.484 e. The summed E-state index contributed by atoms with van der Waals surface area (Å²) in [5.41, 5.74) is 11.4. The fraction of sp³-hybridized carbons (Fsp3) is 0.300. The van der Waals surface area contributed by atoms with Crippen LogP contribution in [-0.2, 0) is 20.4 Å². The molecule has 0 heterocycles. The molecule has 4 aromatic carbocycles. The first-order valence-electron chi connectivity index (χ1n) is 16.4. The zero-order valence-corrected chi connectivity index (χ0v) is 28.2. The van der Waals surface area contributed by atoms with Crippen LogP contribution >= 0.6 is 0 Å². The second-order valence-electron chi connectivity index (χ2n) is 13.0. The third kappa shape index (κ3) is 8.97. The van der Waals surface area contributed by atoms with Gasteiger partial charge in [-0.05, 0) is 72.2 Å². The van der Waals surface area contributed by atoms with Crippen LogP contribution in [0.25, 0.3) is 0 Å². The van der Waals surface area contributed by atoms with Crippen molar-refractivity contribution in [2.45, 2.75) is 64.2 Å². The van der Waals surface area contributed by atoms with Gasteiger partial charge >= 0.3 is 0 Å². The van der Waals surface area contributed by atoms with Gasteiger partial charge < -0.3 is 9.47 Å². The third-order valence-electron chi connectivity index (χ3n) is 8.96. The monoisotopic (exact) mass is 644 g/mol. The molecule has 0 bridgehead atoms. The Hall–Kier alpha value is -5.24. The first-order valence-corrected chi connectivity index (χ1v) is 16.4. The van der Waals surface area contributed by atoms with Gasteiger partial charge in [-0.15, -0.1) is 0 Å². The number of amides is 2. The summed E-state index contributed by atoms with van der Waals surface area (Å²) < 4.78 is 11.4. The first kappa shape index (κ1) is 34.1. The standard InChI is InChI=1S/C40H44N4O4/c1-39(2,29-11-7-5-8-12-29)31-15-23-35(24-16-31)47-27-37(45)43-41-33-19-21-34(22-20-33)42-44-38(46)28-48-36-25-17-32(18-26-36)40(3,4)30-13-9-6-10-14-30/h5-18,23-26H,19-22,27-28H2,1-4H3,(H,43,45)(H,44,46). The Kier molecular flexibility index (Phi) is 11.1. The van der Waals surface area contributed by atoms with Crippen molar-refractivity contribution in [1.29, 1.82) is 0 Å². The van der Waals surface area contributed by atoms with Gasteiger partial charge in [-0.3, -0.25) is 9.59 Å². The summed E-state index contributed by atoms with van der Waals surface area (Å²) in [4.78, 5) is 24.7. The van der Waals surface area contributed by atoms with Crippen LogP contribution < -0.4 is 20.3 Å². The molecule has 1 fully saturated rings. The molecule has 1 saturated carbocycles. The van der Waals surface area contributed by atoms with E-state index in [1.807, 2.05) is 84.9 Å². The maximum absolute atomic E-state index is 12.4. The number of ether oxygens (including phenoxy) is 2. The van der Waals surface area contributed by atoms with Crippen molar-refractivity contribution in [3.05, 3.63) is 131 Å². The van der Waals surface area contributed by atoms with Crippen LogP contribution in [0, 0.1) is 0 Å². The zero-order valence-electron chi connectivity index (χ0n) is 28.2. The van der Waals surface area contributed by atoms with Crippen molar-refractivity contribution in [3.63, 3.8) is 0 Å². The number of hydrazone groups is 2. The minimum Gasteiger partial charge on any atom is -0.484 e. The Balaban J connectivity index is 0.996. The van der Waals surface area contributed by atoms with Gasteiger partial charge in [0.15, 0.2) is 13.2 Å². The number of carbonyl (C=O) groups excluding carboxylic acids is 2. The van der Waals surface area contributed by atoms with Crippen LogP contribution in [0.4, 0.5) is 0 Å². The lowest BCUT2D eigenvalue weighted by atomic mass is 9.78. The van der Waals surface area contributed by atoms with E-state index in [1.165, 1.54) is 11.1 Å². The zero-order chi connectivity index (χ0) is 34.0. The molecular weight excluding hydrogens is 600 g/mol. The lowest BCUT2D eigenvalue weighted by Gasteiger charge is -2.26. The number of nitrogens with one attached hydrogen (secondary N) is 2. The van der Waals surface area contributed by atoms with E-state index in [4.69, 9.17) is 9.47 Å². The van der Waals surface area contributed by atoms with Crippen molar-refractivity contribution in [1.82, 2.24) is 10.9 Å². The minimum atomic E-state index is -0.322. The highest BCUT2D eigenvalue weighted by Gasteiger charge is 2.24. The molecule has 0 atom stereocenters. The van der Waals surface area contributed by atoms with E-state index in [0.717, 1.165) is 22.6 Å². The van der Waals surface area contributed by atoms with E-state index in [0.29, 0.717) is 37.2 Å². The van der Waals surface area contributed by atoms with Crippen LogP contribution in [0.5, 0.6) is 11.5 Å². The summed E-state index contributed by atoms with van der Waals surface area (Å²) in [5, 5.41) is 8.56. The van der Waals surface area contributed by atoms with E-state index in [-0.39, 0.29) is 35.9 Å². The van der Waals surface area contributed by atoms with Gasteiger partial charge in [0.2, 0.25) is 0 Å². The summed E-state index contributed by atoms with van der Waals surface area (Å²) in [6.07, 6.45) is 2.60. The van der Waals surface area contributed by atoms with Crippen molar-refractivity contribution >= 4 is 23.2 Å². The van der Waals surface area contributed by atoms with Gasteiger partial charge in [-0.1, -0.05) is 113 Å². The van der Waals surface area contributed by atoms with Crippen LogP contribution in [0.3, 0.4) is 0 Å². The molecule has 0 spiro atoms. The fourth-order valence-electron chi connectivity index (χ4n) is 5.67. The third-order valence-corrected chi connectivity index (χ3v) is 8.96. The molecule has 1 aliphatic rings. The molecule has 8 nitrogen and oxygen atoms in total. The van der Waals surface area contributed by atoms with E-state index in [9.17, 15) is 9.59 Å². The maximum Gasteiger partial charge on any atom is 0.277 e. The van der Waals surface area contributed by atoms with Gasteiger partial charge in [-0.2, -0.15) is 10.2 Å². The molecule has 248 valence electrons. The molecule has 5 rings (SSSR count). The number of hydrogen-bond donors (Lipinski definition) is 2. The normalized spacial score (nSPS) is 13.3. The molecule has 2 amide bonds. The molecule has 48 heavy (non-hydrogen) atoms. The van der Waals surface area contributed by atoms with Crippen LogP contribution in [-0.4, -0.2) is 36.5 Å². The second-order valence-corrected chi connectivity index (χ2v) is 13.0. The molecule has 4 aromatic rings. The summed E-state index contributed by atoms with van der Waals surface area (Å²) in [6.45, 7) is 8.48. The Morgan fingerprint density at radius 2 is 0.833 bits per heavy atom. The summed E-state index contributed by atoms with van der Waals surface area (Å²) in [6, 6.07) is 36.4. The smallest absolute Gasteiger partial charge is 0.277 e. The molecule has 0 aromatic heterocycles. The highest BCUT2D eigenvalue weighted by atomic mass is 16.5. The van der Waals surface area contributed by atoms with Gasteiger partial charge in [0.05, 0.1) is 0 Å². The minimum absolute atomic E-state index is 0.130. The number of carbonyl (C=O) groups is 2. The number of rotatable bonds is 12. The van der Waals surface area contributed by atoms with Gasteiger partial charge in [0.1, 0.15) is 11.5 Å². The lowest BCUT2D eigenvalue weighted by Crippen LogP contribution is -2.28. The fourth-order valence-corrected chi connectivity index (χ4v) is 5.67. The highest BCUT2D eigenvalue weighted by Crippen LogP contribution is 2.33. The van der Waals surface area contributed by atoms with Gasteiger partial charge in [-0.25, -0.2) is 10.9 Å². The highest BCUT2D eigenvalue weighted by molar-refractivity contribution is 5.99. The molecule has 0 saturated heterocycles. The van der Waals surface area contributed by atoms with Crippen molar-refractivity contribution < 1.29 is 19.1 Å². The average molecular weight is 645 g/mol. The Bertz CT molecular complexity index is 1590. The summed E-state index contributed by atoms with van der Waals surface area (Å²) in [5.74, 6) is 0.601. The van der Waals surface area contributed by atoms with E-state index >= 15 is 0 Å². The van der Waals surface area contributed by atoms with Crippen molar-refractivity contribution in [3.8, 4) is 11.5 Å². The molecule has 8 heteroatoms. The van der Waals surface area contributed by atoms with Crippen LogP contribution in [0.1, 0.15) is 75.6 Å².